The van der Waals surface area contributed by atoms with Crippen LogP contribution in [0.25, 0.3) is 0 Å². The summed E-state index contributed by atoms with van der Waals surface area (Å²) in [6, 6.07) is 17.4. The maximum Gasteiger partial charge on any atom is 0.119 e. The second-order valence-corrected chi connectivity index (χ2v) is 6.21. The molecular weight excluding hydrogens is 310 g/mol. The van der Waals surface area contributed by atoms with Gasteiger partial charge in [0.1, 0.15) is 12.4 Å². The first kappa shape index (κ1) is 19.5. The third-order valence-corrected chi connectivity index (χ3v) is 4.44. The molecule has 0 amide bonds. The van der Waals surface area contributed by atoms with Crippen molar-refractivity contribution in [1.82, 2.24) is 5.32 Å². The van der Waals surface area contributed by atoms with Gasteiger partial charge >= 0.3 is 0 Å². The molecule has 0 saturated carbocycles. The summed E-state index contributed by atoms with van der Waals surface area (Å²) in [6.45, 7) is 9.33. The van der Waals surface area contributed by atoms with E-state index in [0.29, 0.717) is 19.3 Å². The third kappa shape index (κ3) is 6.52. The lowest BCUT2D eigenvalue weighted by Crippen LogP contribution is -2.23. The van der Waals surface area contributed by atoms with Crippen molar-refractivity contribution in [2.45, 2.75) is 39.7 Å². The van der Waals surface area contributed by atoms with E-state index in [9.17, 15) is 0 Å². The number of ether oxygens (including phenoxy) is 2. The topological polar surface area (TPSA) is 30.5 Å². The molecule has 2 aromatic rings. The van der Waals surface area contributed by atoms with Crippen LogP contribution in [0.4, 0.5) is 0 Å². The molecule has 0 aliphatic carbocycles. The Morgan fingerprint density at radius 3 is 2.40 bits per heavy atom. The molecule has 25 heavy (non-hydrogen) atoms. The molecule has 0 spiro atoms. The van der Waals surface area contributed by atoms with Crippen LogP contribution in [-0.2, 0) is 11.2 Å². The second-order valence-electron chi connectivity index (χ2n) is 6.21. The van der Waals surface area contributed by atoms with E-state index in [4.69, 9.17) is 9.47 Å². The number of rotatable bonds is 11. The number of benzene rings is 2. The standard InChI is InChI=1S/C22H31NO2/c1-4-22(23-15-14-19-9-7-6-8-18(19)3)20-10-12-21(13-11-20)25-17-16-24-5-2/h6-13,22-23H,4-5,14-17H2,1-3H3. The summed E-state index contributed by atoms with van der Waals surface area (Å²) in [5.74, 6) is 0.901. The van der Waals surface area contributed by atoms with Gasteiger partial charge in [0.25, 0.3) is 0 Å². The molecule has 0 aromatic heterocycles. The van der Waals surface area contributed by atoms with E-state index < -0.39 is 0 Å². The fourth-order valence-electron chi connectivity index (χ4n) is 2.93. The van der Waals surface area contributed by atoms with Gasteiger partial charge in [0, 0.05) is 12.6 Å². The minimum absolute atomic E-state index is 0.376. The Kier molecular flexibility index (Phi) is 8.50. The Balaban J connectivity index is 1.82. The lowest BCUT2D eigenvalue weighted by Gasteiger charge is -2.18. The molecule has 1 N–H and O–H groups in total. The van der Waals surface area contributed by atoms with Crippen molar-refractivity contribution in [3.63, 3.8) is 0 Å². The van der Waals surface area contributed by atoms with Gasteiger partial charge in [-0.15, -0.1) is 0 Å². The van der Waals surface area contributed by atoms with Gasteiger partial charge in [-0.1, -0.05) is 43.3 Å². The van der Waals surface area contributed by atoms with E-state index in [2.05, 4.69) is 55.6 Å². The summed E-state index contributed by atoms with van der Waals surface area (Å²) < 4.78 is 11.0. The maximum atomic E-state index is 5.68. The van der Waals surface area contributed by atoms with Crippen LogP contribution in [0.3, 0.4) is 0 Å². The molecule has 2 rings (SSSR count). The van der Waals surface area contributed by atoms with Crippen molar-refractivity contribution < 1.29 is 9.47 Å². The van der Waals surface area contributed by atoms with E-state index in [1.807, 2.05) is 19.1 Å². The van der Waals surface area contributed by atoms with Crippen molar-refractivity contribution in [3.8, 4) is 5.75 Å². The molecule has 0 bridgehead atoms. The highest BCUT2D eigenvalue weighted by Gasteiger charge is 2.09. The molecule has 0 aliphatic heterocycles. The normalized spacial score (nSPS) is 12.1. The van der Waals surface area contributed by atoms with Crippen molar-refractivity contribution in [2.75, 3.05) is 26.4 Å². The van der Waals surface area contributed by atoms with Gasteiger partial charge in [0.2, 0.25) is 0 Å². The number of hydrogen-bond acceptors (Lipinski definition) is 3. The minimum Gasteiger partial charge on any atom is -0.491 e. The van der Waals surface area contributed by atoms with Gasteiger partial charge < -0.3 is 14.8 Å². The first-order chi connectivity index (χ1) is 12.2. The molecule has 3 heteroatoms. The molecule has 3 nitrogen and oxygen atoms in total. The highest BCUT2D eigenvalue weighted by atomic mass is 16.5. The van der Waals surface area contributed by atoms with Gasteiger partial charge in [0.05, 0.1) is 6.61 Å². The van der Waals surface area contributed by atoms with Crippen molar-refractivity contribution in [3.05, 3.63) is 65.2 Å². The van der Waals surface area contributed by atoms with E-state index in [1.165, 1.54) is 16.7 Å². The third-order valence-electron chi connectivity index (χ3n) is 4.44. The zero-order valence-electron chi connectivity index (χ0n) is 15.8. The Hall–Kier alpha value is -1.84. The summed E-state index contributed by atoms with van der Waals surface area (Å²) in [5.41, 5.74) is 4.10. The number of aryl methyl sites for hydroxylation is 1. The van der Waals surface area contributed by atoms with Crippen LogP contribution in [-0.4, -0.2) is 26.4 Å². The fraction of sp³-hybridized carbons (Fsp3) is 0.455. The average Bonchev–Trinajstić information content (AvgIpc) is 2.64. The first-order valence-corrected chi connectivity index (χ1v) is 9.33. The SMILES string of the molecule is CCOCCOc1ccc(C(CC)NCCc2ccccc2C)cc1. The summed E-state index contributed by atoms with van der Waals surface area (Å²) >= 11 is 0. The van der Waals surface area contributed by atoms with E-state index in [1.54, 1.807) is 0 Å². The van der Waals surface area contributed by atoms with Crippen LogP contribution in [0.15, 0.2) is 48.5 Å². The van der Waals surface area contributed by atoms with Crippen LogP contribution in [0.1, 0.15) is 43.0 Å². The number of nitrogens with one attached hydrogen (secondary N) is 1. The van der Waals surface area contributed by atoms with Gasteiger partial charge in [-0.3, -0.25) is 0 Å². The molecule has 136 valence electrons. The summed E-state index contributed by atoms with van der Waals surface area (Å²) in [5, 5.41) is 3.68. The van der Waals surface area contributed by atoms with Crippen LogP contribution >= 0.6 is 0 Å². The fourth-order valence-corrected chi connectivity index (χ4v) is 2.93. The van der Waals surface area contributed by atoms with Gasteiger partial charge in [-0.05, 0) is 62.1 Å². The smallest absolute Gasteiger partial charge is 0.119 e. The molecule has 0 heterocycles. The van der Waals surface area contributed by atoms with E-state index in [0.717, 1.165) is 31.7 Å². The summed E-state index contributed by atoms with van der Waals surface area (Å²) in [6.07, 6.45) is 2.13. The molecule has 0 aliphatic rings. The Morgan fingerprint density at radius 1 is 0.960 bits per heavy atom. The second kappa shape index (κ2) is 10.9. The minimum atomic E-state index is 0.376. The van der Waals surface area contributed by atoms with Crippen LogP contribution in [0.2, 0.25) is 0 Å². The van der Waals surface area contributed by atoms with Crippen LogP contribution in [0.5, 0.6) is 5.75 Å². The Morgan fingerprint density at radius 2 is 1.72 bits per heavy atom. The van der Waals surface area contributed by atoms with Crippen molar-refractivity contribution in [2.24, 2.45) is 0 Å². The quantitative estimate of drug-likeness (QED) is 0.601. The van der Waals surface area contributed by atoms with Gasteiger partial charge in [-0.25, -0.2) is 0 Å². The number of hydrogen-bond donors (Lipinski definition) is 1. The monoisotopic (exact) mass is 341 g/mol. The van der Waals surface area contributed by atoms with Crippen LogP contribution < -0.4 is 10.1 Å². The largest absolute Gasteiger partial charge is 0.491 e. The molecule has 0 saturated heterocycles. The van der Waals surface area contributed by atoms with Gasteiger partial charge in [0.15, 0.2) is 0 Å². The molecule has 0 fully saturated rings. The Labute approximate surface area is 152 Å². The molecule has 1 unspecified atom stereocenters. The predicted octanol–water partition coefficient (Wildman–Crippen LogP) is 4.69. The van der Waals surface area contributed by atoms with Crippen LogP contribution in [0, 0.1) is 6.92 Å². The molecule has 2 aromatic carbocycles. The average molecular weight is 341 g/mol. The van der Waals surface area contributed by atoms with Crippen molar-refractivity contribution >= 4 is 0 Å². The maximum absolute atomic E-state index is 5.68. The lowest BCUT2D eigenvalue weighted by molar-refractivity contribution is 0.110. The summed E-state index contributed by atoms with van der Waals surface area (Å²) in [4.78, 5) is 0. The highest BCUT2D eigenvalue weighted by molar-refractivity contribution is 5.29. The van der Waals surface area contributed by atoms with Crippen molar-refractivity contribution in [1.29, 1.82) is 0 Å². The van der Waals surface area contributed by atoms with E-state index in [-0.39, 0.29) is 0 Å². The van der Waals surface area contributed by atoms with E-state index >= 15 is 0 Å². The van der Waals surface area contributed by atoms with Gasteiger partial charge in [-0.2, -0.15) is 0 Å². The summed E-state index contributed by atoms with van der Waals surface area (Å²) in [7, 11) is 0. The molecule has 1 atom stereocenters. The lowest BCUT2D eigenvalue weighted by atomic mass is 10.0. The Bertz CT molecular complexity index is 610. The molecular formula is C22H31NO2. The zero-order valence-corrected chi connectivity index (χ0v) is 15.8. The highest BCUT2D eigenvalue weighted by Crippen LogP contribution is 2.20. The molecule has 0 radical (unpaired) electrons. The first-order valence-electron chi connectivity index (χ1n) is 9.33. The zero-order chi connectivity index (χ0) is 17.9. The predicted molar refractivity (Wildman–Crippen MR) is 104 cm³/mol.